The van der Waals surface area contributed by atoms with Crippen molar-refractivity contribution in [2.24, 2.45) is 0 Å². The molecule has 1 atom stereocenters. The van der Waals surface area contributed by atoms with Gasteiger partial charge >= 0.3 is 0 Å². The second kappa shape index (κ2) is 6.50. The maximum atomic E-state index is 12.5. The van der Waals surface area contributed by atoms with E-state index in [0.717, 1.165) is 35.9 Å². The number of aromatic nitrogens is 3. The smallest absolute Gasteiger partial charge is 0.265 e. The quantitative estimate of drug-likeness (QED) is 0.857. The van der Waals surface area contributed by atoms with Gasteiger partial charge in [-0.25, -0.2) is 15.0 Å². The minimum Gasteiger partial charge on any atom is -0.336 e. The van der Waals surface area contributed by atoms with Crippen LogP contribution in [0, 0.1) is 6.92 Å². The Morgan fingerprint density at radius 3 is 2.86 bits per heavy atom. The van der Waals surface area contributed by atoms with Gasteiger partial charge in [-0.05, 0) is 26.5 Å². The van der Waals surface area contributed by atoms with Crippen LogP contribution in [0.2, 0.25) is 0 Å². The topological polar surface area (TPSA) is 62.2 Å². The molecule has 22 heavy (non-hydrogen) atoms. The lowest BCUT2D eigenvalue weighted by Gasteiger charge is -2.23. The molecule has 0 radical (unpaired) electrons. The number of aryl methyl sites for hydroxylation is 1. The first-order valence-electron chi connectivity index (χ1n) is 7.30. The Labute approximate surface area is 133 Å². The first-order valence-corrected chi connectivity index (χ1v) is 8.18. The van der Waals surface area contributed by atoms with Crippen molar-refractivity contribution in [3.63, 3.8) is 0 Å². The Balaban J connectivity index is 1.60. The zero-order valence-corrected chi connectivity index (χ0v) is 13.6. The van der Waals surface area contributed by atoms with Crippen LogP contribution in [0.1, 0.15) is 27.6 Å². The van der Waals surface area contributed by atoms with Crippen molar-refractivity contribution in [2.45, 2.75) is 25.9 Å². The molecule has 0 aliphatic carbocycles. The highest BCUT2D eigenvalue weighted by atomic mass is 32.1. The SMILES string of the molecule is Cc1ncsc1C(=O)N1CC[C@H](N(C)Cc2ncccn2)C1. The fraction of sp³-hybridized carbons (Fsp3) is 0.467. The number of hydrogen-bond donors (Lipinski definition) is 0. The molecule has 3 rings (SSSR count). The van der Waals surface area contributed by atoms with Crippen LogP contribution in [0.25, 0.3) is 0 Å². The summed E-state index contributed by atoms with van der Waals surface area (Å²) < 4.78 is 0. The average Bonchev–Trinajstić information content (AvgIpc) is 3.16. The number of nitrogens with zero attached hydrogens (tertiary/aromatic N) is 5. The van der Waals surface area contributed by atoms with Crippen molar-refractivity contribution >= 4 is 17.2 Å². The Morgan fingerprint density at radius 1 is 1.41 bits per heavy atom. The Bertz CT molecular complexity index is 644. The highest BCUT2D eigenvalue weighted by Crippen LogP contribution is 2.21. The van der Waals surface area contributed by atoms with Gasteiger partial charge in [0.15, 0.2) is 0 Å². The molecule has 0 unspecified atom stereocenters. The average molecular weight is 317 g/mol. The van der Waals surface area contributed by atoms with Crippen molar-refractivity contribution in [2.75, 3.05) is 20.1 Å². The summed E-state index contributed by atoms with van der Waals surface area (Å²) in [7, 11) is 2.06. The van der Waals surface area contributed by atoms with Gasteiger partial charge in [0.2, 0.25) is 0 Å². The van der Waals surface area contributed by atoms with E-state index < -0.39 is 0 Å². The van der Waals surface area contributed by atoms with Crippen molar-refractivity contribution in [1.29, 1.82) is 0 Å². The first kappa shape index (κ1) is 15.1. The zero-order chi connectivity index (χ0) is 15.5. The van der Waals surface area contributed by atoms with Crippen molar-refractivity contribution in [3.05, 3.63) is 40.4 Å². The fourth-order valence-corrected chi connectivity index (χ4v) is 3.47. The third kappa shape index (κ3) is 3.15. The maximum Gasteiger partial charge on any atom is 0.265 e. The van der Waals surface area contributed by atoms with E-state index in [1.165, 1.54) is 11.3 Å². The van der Waals surface area contributed by atoms with E-state index in [1.807, 2.05) is 17.9 Å². The number of hydrogen-bond acceptors (Lipinski definition) is 6. The molecule has 1 aliphatic heterocycles. The summed E-state index contributed by atoms with van der Waals surface area (Å²) in [6, 6.07) is 2.16. The molecule has 7 heteroatoms. The minimum absolute atomic E-state index is 0.104. The van der Waals surface area contributed by atoms with Crippen LogP contribution in [0.3, 0.4) is 0 Å². The largest absolute Gasteiger partial charge is 0.336 e. The lowest BCUT2D eigenvalue weighted by molar-refractivity contribution is 0.0783. The highest BCUT2D eigenvalue weighted by Gasteiger charge is 2.30. The summed E-state index contributed by atoms with van der Waals surface area (Å²) in [5, 5.41) is 0. The van der Waals surface area contributed by atoms with E-state index in [2.05, 4.69) is 26.9 Å². The summed E-state index contributed by atoms with van der Waals surface area (Å²) in [6.45, 7) is 4.13. The third-order valence-electron chi connectivity index (χ3n) is 4.02. The molecular weight excluding hydrogens is 298 g/mol. The van der Waals surface area contributed by atoms with Crippen LogP contribution in [-0.2, 0) is 6.54 Å². The van der Waals surface area contributed by atoms with Gasteiger partial charge in [-0.15, -0.1) is 11.3 Å². The van der Waals surface area contributed by atoms with Gasteiger partial charge in [0.1, 0.15) is 10.7 Å². The molecule has 1 aliphatic rings. The van der Waals surface area contributed by atoms with E-state index in [4.69, 9.17) is 0 Å². The van der Waals surface area contributed by atoms with Gasteiger partial charge in [-0.3, -0.25) is 9.69 Å². The third-order valence-corrected chi connectivity index (χ3v) is 4.94. The standard InChI is InChI=1S/C15H19N5OS/c1-11-14(22-10-18-11)15(21)20-7-4-12(8-20)19(2)9-13-16-5-3-6-17-13/h3,5-6,10,12H,4,7-9H2,1-2H3/t12-/m0/s1. The van der Waals surface area contributed by atoms with Gasteiger partial charge in [-0.2, -0.15) is 0 Å². The molecule has 0 saturated carbocycles. The fourth-order valence-electron chi connectivity index (χ4n) is 2.70. The van der Waals surface area contributed by atoms with Crippen LogP contribution in [0.15, 0.2) is 24.0 Å². The predicted octanol–water partition coefficient (Wildman–Crippen LogP) is 1.59. The number of likely N-dealkylation sites (N-methyl/N-ethyl adjacent to an activating group) is 1. The lowest BCUT2D eigenvalue weighted by atomic mass is 10.2. The second-order valence-electron chi connectivity index (χ2n) is 5.54. The molecule has 0 spiro atoms. The number of carbonyl (C=O) groups excluding carboxylic acids is 1. The van der Waals surface area contributed by atoms with Crippen LogP contribution < -0.4 is 0 Å². The lowest BCUT2D eigenvalue weighted by Crippen LogP contribution is -2.36. The minimum atomic E-state index is 0.104. The number of likely N-dealkylation sites (tertiary alicyclic amines) is 1. The van der Waals surface area contributed by atoms with Gasteiger partial charge < -0.3 is 4.90 Å². The Kier molecular flexibility index (Phi) is 4.44. The summed E-state index contributed by atoms with van der Waals surface area (Å²) in [5.74, 6) is 0.917. The Hall–Kier alpha value is -1.86. The molecule has 2 aromatic rings. The van der Waals surface area contributed by atoms with Crippen LogP contribution in [0.4, 0.5) is 0 Å². The van der Waals surface area contributed by atoms with Gasteiger partial charge in [-0.1, -0.05) is 0 Å². The second-order valence-corrected chi connectivity index (χ2v) is 6.40. The molecule has 116 valence electrons. The van der Waals surface area contributed by atoms with Crippen molar-refractivity contribution in [3.8, 4) is 0 Å². The van der Waals surface area contributed by atoms with Gasteiger partial charge in [0.05, 0.1) is 17.7 Å². The molecule has 0 N–H and O–H groups in total. The molecule has 3 heterocycles. The number of amides is 1. The summed E-state index contributed by atoms with van der Waals surface area (Å²) >= 11 is 1.42. The number of carbonyl (C=O) groups is 1. The zero-order valence-electron chi connectivity index (χ0n) is 12.8. The predicted molar refractivity (Wildman–Crippen MR) is 84.7 cm³/mol. The van der Waals surface area contributed by atoms with E-state index in [1.54, 1.807) is 17.9 Å². The molecule has 6 nitrogen and oxygen atoms in total. The molecule has 0 bridgehead atoms. The normalized spacial score (nSPS) is 18.1. The molecule has 1 amide bonds. The summed E-state index contributed by atoms with van der Waals surface area (Å²) in [4.78, 5) is 30.1. The van der Waals surface area contributed by atoms with Gasteiger partial charge in [0.25, 0.3) is 5.91 Å². The number of thiazole rings is 1. The molecule has 1 fully saturated rings. The van der Waals surface area contributed by atoms with E-state index >= 15 is 0 Å². The van der Waals surface area contributed by atoms with Crippen LogP contribution in [0.5, 0.6) is 0 Å². The molecule has 2 aromatic heterocycles. The van der Waals surface area contributed by atoms with E-state index in [9.17, 15) is 4.79 Å². The summed E-state index contributed by atoms with van der Waals surface area (Å²) in [6.07, 6.45) is 4.49. The van der Waals surface area contributed by atoms with Crippen molar-refractivity contribution in [1.82, 2.24) is 24.8 Å². The molecule has 1 saturated heterocycles. The van der Waals surface area contributed by atoms with E-state index in [-0.39, 0.29) is 5.91 Å². The first-order chi connectivity index (χ1) is 10.6. The number of rotatable bonds is 4. The molecule has 0 aromatic carbocycles. The maximum absolute atomic E-state index is 12.5. The van der Waals surface area contributed by atoms with Crippen LogP contribution >= 0.6 is 11.3 Å². The Morgan fingerprint density at radius 2 is 2.18 bits per heavy atom. The highest BCUT2D eigenvalue weighted by molar-refractivity contribution is 7.11. The molecular formula is C15H19N5OS. The van der Waals surface area contributed by atoms with Crippen LogP contribution in [-0.4, -0.2) is 56.8 Å². The summed E-state index contributed by atoms with van der Waals surface area (Å²) in [5.41, 5.74) is 2.55. The van der Waals surface area contributed by atoms with E-state index in [0.29, 0.717) is 12.6 Å². The monoisotopic (exact) mass is 317 g/mol. The van der Waals surface area contributed by atoms with Gasteiger partial charge in [0, 0.05) is 31.5 Å². The van der Waals surface area contributed by atoms with Crippen molar-refractivity contribution < 1.29 is 4.79 Å².